The number of alkyl halides is 3. The molecule has 202 valence electrons. The fraction of sp³-hybridized carbons (Fsp3) is 0.577. The Morgan fingerprint density at radius 3 is 2.68 bits per heavy atom. The molecule has 37 heavy (non-hydrogen) atoms. The van der Waals surface area contributed by atoms with Gasteiger partial charge in [0.25, 0.3) is 5.91 Å². The van der Waals surface area contributed by atoms with Crippen molar-refractivity contribution in [3.05, 3.63) is 52.0 Å². The minimum atomic E-state index is -4.56. The van der Waals surface area contributed by atoms with Crippen molar-refractivity contribution in [2.45, 2.75) is 50.9 Å². The van der Waals surface area contributed by atoms with Gasteiger partial charge in [-0.15, -0.1) is 11.3 Å². The highest BCUT2D eigenvalue weighted by atomic mass is 32.1. The molecule has 11 heteroatoms. The Morgan fingerprint density at radius 1 is 1.22 bits per heavy atom. The Bertz CT molecular complexity index is 1080. The first-order chi connectivity index (χ1) is 17.6. The maximum Gasteiger partial charge on any atom is 0.416 e. The number of benzene rings is 1. The number of aliphatic hydroxyl groups excluding tert-OH is 1. The van der Waals surface area contributed by atoms with E-state index in [1.807, 2.05) is 6.20 Å². The average molecular weight is 539 g/mol. The molecule has 6 atom stereocenters. The third-order valence-electron chi connectivity index (χ3n) is 7.69. The van der Waals surface area contributed by atoms with E-state index in [-0.39, 0.29) is 41.8 Å². The number of hydrogen-bond donors (Lipinski definition) is 4. The van der Waals surface area contributed by atoms with Crippen LogP contribution in [0.5, 0.6) is 0 Å². The van der Waals surface area contributed by atoms with Crippen LogP contribution in [0.25, 0.3) is 0 Å². The van der Waals surface area contributed by atoms with Gasteiger partial charge in [-0.25, -0.2) is 0 Å². The van der Waals surface area contributed by atoms with Crippen LogP contribution in [0.1, 0.15) is 53.4 Å². The second-order valence-electron chi connectivity index (χ2n) is 10.3. The number of amides is 2. The first-order valence-corrected chi connectivity index (χ1v) is 13.5. The number of halogens is 3. The van der Waals surface area contributed by atoms with Crippen molar-refractivity contribution in [2.24, 2.45) is 23.7 Å². The van der Waals surface area contributed by atoms with Gasteiger partial charge < -0.3 is 21.1 Å². The van der Waals surface area contributed by atoms with Crippen molar-refractivity contribution in [1.29, 1.82) is 0 Å². The van der Waals surface area contributed by atoms with E-state index < -0.39 is 29.7 Å². The number of aliphatic hydroxyl groups is 1. The minimum absolute atomic E-state index is 0.00467. The van der Waals surface area contributed by atoms with Gasteiger partial charge in [0, 0.05) is 41.7 Å². The van der Waals surface area contributed by atoms with Gasteiger partial charge in [-0.3, -0.25) is 14.6 Å². The number of nitrogens with one attached hydrogen (secondary N) is 3. The highest BCUT2D eigenvalue weighted by Crippen LogP contribution is 2.49. The van der Waals surface area contributed by atoms with Gasteiger partial charge >= 0.3 is 6.18 Å². The molecule has 5 unspecified atom stereocenters. The van der Waals surface area contributed by atoms with E-state index >= 15 is 0 Å². The molecule has 7 nitrogen and oxygen atoms in total. The second-order valence-corrected chi connectivity index (χ2v) is 11.2. The van der Waals surface area contributed by atoms with Crippen LogP contribution in [0.15, 0.2) is 36.0 Å². The topological polar surface area (TPSA) is 103 Å². The molecule has 0 radical (unpaired) electrons. The monoisotopic (exact) mass is 538 g/mol. The van der Waals surface area contributed by atoms with Crippen LogP contribution in [0.2, 0.25) is 0 Å². The normalized spacial score (nSPS) is 28.3. The van der Waals surface area contributed by atoms with Crippen molar-refractivity contribution in [2.75, 3.05) is 19.6 Å². The third kappa shape index (κ3) is 6.32. The first kappa shape index (κ1) is 27.5. The molecule has 1 aromatic carbocycles. The highest BCUT2D eigenvalue weighted by molar-refractivity contribution is 7.09. The van der Waals surface area contributed by atoms with Gasteiger partial charge in [0.2, 0.25) is 5.91 Å². The molecule has 4 N–H and O–H groups in total. The lowest BCUT2D eigenvalue weighted by atomic mass is 9.61. The van der Waals surface area contributed by atoms with Gasteiger partial charge in [-0.05, 0) is 54.7 Å². The van der Waals surface area contributed by atoms with Crippen LogP contribution < -0.4 is 16.0 Å². The number of hydrogen-bond acceptors (Lipinski definition) is 6. The Morgan fingerprint density at radius 2 is 2.00 bits per heavy atom. The molecule has 2 aromatic rings. The zero-order valence-electron chi connectivity index (χ0n) is 20.8. The van der Waals surface area contributed by atoms with Crippen LogP contribution in [-0.4, -0.2) is 53.7 Å². The third-order valence-corrected chi connectivity index (χ3v) is 8.57. The number of carbonyl (C=O) groups excluding carboxylic acids is 2. The summed E-state index contributed by atoms with van der Waals surface area (Å²) in [6.45, 7) is 5.33. The number of carbonyl (C=O) groups is 2. The summed E-state index contributed by atoms with van der Waals surface area (Å²) in [6, 6.07) is 3.96. The molecule has 2 amide bonds. The number of aromatic nitrogens is 1. The summed E-state index contributed by atoms with van der Waals surface area (Å²) in [7, 11) is 0. The highest BCUT2D eigenvalue weighted by Gasteiger charge is 2.47. The molecule has 2 heterocycles. The molecule has 0 bridgehead atoms. The fourth-order valence-electron chi connectivity index (χ4n) is 6.10. The standard InChI is InChI=1S/C26H33F3N4O3S/c1-14(2)23-17(6-7-20(34)24(23)21-11-31-13-37-21)18-9-30-10-19(18)33-22(35)12-32-25(36)15-4-3-5-16(8-15)26(27,28)29/h3-5,8,11,13-14,17-20,23-24,30,34H,6-7,9-10,12H2,1-2H3,(H,32,36)(H,33,35)/t17?,18?,19-,20?,23?,24?/m0/s1. The van der Waals surface area contributed by atoms with E-state index in [1.165, 1.54) is 12.1 Å². The maximum atomic E-state index is 12.9. The van der Waals surface area contributed by atoms with Crippen LogP contribution in [0.4, 0.5) is 13.2 Å². The van der Waals surface area contributed by atoms with Gasteiger partial charge in [0.05, 0.1) is 23.7 Å². The number of thiazole rings is 1. The van der Waals surface area contributed by atoms with Crippen LogP contribution >= 0.6 is 11.3 Å². The van der Waals surface area contributed by atoms with Gasteiger partial charge in [-0.2, -0.15) is 13.2 Å². The Labute approximate surface area is 218 Å². The molecule has 2 fully saturated rings. The minimum Gasteiger partial charge on any atom is -0.392 e. The molecule has 1 saturated heterocycles. The largest absolute Gasteiger partial charge is 0.416 e. The molecule has 1 saturated carbocycles. The molecule has 4 rings (SSSR count). The summed E-state index contributed by atoms with van der Waals surface area (Å²) in [4.78, 5) is 30.4. The summed E-state index contributed by atoms with van der Waals surface area (Å²) >= 11 is 1.56. The van der Waals surface area contributed by atoms with E-state index in [0.717, 1.165) is 30.0 Å². The fourth-order valence-corrected chi connectivity index (χ4v) is 6.94. The van der Waals surface area contributed by atoms with Crippen molar-refractivity contribution in [1.82, 2.24) is 20.9 Å². The summed E-state index contributed by atoms with van der Waals surface area (Å²) in [5.74, 6) is -0.181. The summed E-state index contributed by atoms with van der Waals surface area (Å²) in [5, 5.41) is 19.7. The van der Waals surface area contributed by atoms with E-state index in [2.05, 4.69) is 34.8 Å². The Kier molecular flexibility index (Phi) is 8.55. The molecular formula is C26H33F3N4O3S. The molecule has 0 spiro atoms. The summed E-state index contributed by atoms with van der Waals surface area (Å²) < 4.78 is 38.8. The van der Waals surface area contributed by atoms with E-state index in [0.29, 0.717) is 18.9 Å². The van der Waals surface area contributed by atoms with E-state index in [9.17, 15) is 27.9 Å². The molecular weight excluding hydrogens is 505 g/mol. The van der Waals surface area contributed by atoms with Crippen LogP contribution in [0.3, 0.4) is 0 Å². The zero-order valence-corrected chi connectivity index (χ0v) is 21.6. The predicted molar refractivity (Wildman–Crippen MR) is 134 cm³/mol. The van der Waals surface area contributed by atoms with E-state index in [4.69, 9.17) is 0 Å². The zero-order chi connectivity index (χ0) is 26.7. The number of nitrogens with zero attached hydrogens (tertiary/aromatic N) is 1. The quantitative estimate of drug-likeness (QED) is 0.433. The van der Waals surface area contributed by atoms with Gasteiger partial charge in [-0.1, -0.05) is 19.9 Å². The molecule has 1 aromatic heterocycles. The SMILES string of the molecule is CC(C)C1C(C2CNC[C@@H]2NC(=O)CNC(=O)c2cccc(C(F)(F)F)c2)CCC(O)C1c1cncs1. The summed E-state index contributed by atoms with van der Waals surface area (Å²) in [5.41, 5.74) is 0.716. The smallest absolute Gasteiger partial charge is 0.392 e. The van der Waals surface area contributed by atoms with Gasteiger partial charge in [0.1, 0.15) is 0 Å². The lowest BCUT2D eigenvalue weighted by Gasteiger charge is -2.46. The summed E-state index contributed by atoms with van der Waals surface area (Å²) in [6.07, 6.45) is -1.61. The lowest BCUT2D eigenvalue weighted by molar-refractivity contribution is -0.137. The lowest BCUT2D eigenvalue weighted by Crippen LogP contribution is -2.50. The molecule has 1 aliphatic carbocycles. The molecule has 1 aliphatic heterocycles. The second kappa shape index (κ2) is 11.5. The molecule has 2 aliphatic rings. The van der Waals surface area contributed by atoms with E-state index in [1.54, 1.807) is 16.8 Å². The first-order valence-electron chi connectivity index (χ1n) is 12.6. The maximum absolute atomic E-state index is 12.9. The van der Waals surface area contributed by atoms with Crippen molar-refractivity contribution in [3.8, 4) is 0 Å². The predicted octanol–water partition coefficient (Wildman–Crippen LogP) is 3.42. The number of rotatable bonds is 7. The van der Waals surface area contributed by atoms with Gasteiger partial charge in [0.15, 0.2) is 0 Å². The average Bonchev–Trinajstić information content (AvgIpc) is 3.54. The van der Waals surface area contributed by atoms with Crippen molar-refractivity contribution >= 4 is 23.2 Å². The van der Waals surface area contributed by atoms with Crippen LogP contribution in [-0.2, 0) is 11.0 Å². The van der Waals surface area contributed by atoms with Crippen molar-refractivity contribution < 1.29 is 27.9 Å². The Hall–Kier alpha value is -2.50. The van der Waals surface area contributed by atoms with Crippen molar-refractivity contribution in [3.63, 3.8) is 0 Å². The van der Waals surface area contributed by atoms with Crippen LogP contribution in [0, 0.1) is 23.7 Å². The Balaban J connectivity index is 1.39.